The van der Waals surface area contributed by atoms with Crippen LogP contribution < -0.4 is 15.8 Å². The summed E-state index contributed by atoms with van der Waals surface area (Å²) in [6.07, 6.45) is 1.80. The van der Waals surface area contributed by atoms with Gasteiger partial charge in [0.25, 0.3) is 0 Å². The fourth-order valence-electron chi connectivity index (χ4n) is 2.58. The lowest BCUT2D eigenvalue weighted by atomic mass is 10.2. The Morgan fingerprint density at radius 3 is 2.83 bits per heavy atom. The van der Waals surface area contributed by atoms with Gasteiger partial charge in [0.15, 0.2) is 5.13 Å². The van der Waals surface area contributed by atoms with E-state index in [-0.39, 0.29) is 12.4 Å². The van der Waals surface area contributed by atoms with Gasteiger partial charge in [-0.1, -0.05) is 11.3 Å². The van der Waals surface area contributed by atoms with Gasteiger partial charge in [-0.15, -0.1) is 12.4 Å². The molecular formula is C16H16ClN5OS. The van der Waals surface area contributed by atoms with Crippen molar-refractivity contribution >= 4 is 61.5 Å². The van der Waals surface area contributed by atoms with E-state index in [9.17, 15) is 0 Å². The number of hydrogen-bond donors (Lipinski definition) is 2. The quantitative estimate of drug-likeness (QED) is 0.540. The van der Waals surface area contributed by atoms with Crippen LogP contribution in [0.5, 0.6) is 5.75 Å². The van der Waals surface area contributed by atoms with Crippen LogP contribution in [-0.2, 0) is 7.05 Å². The number of nitrogens with one attached hydrogen (secondary N) is 1. The minimum atomic E-state index is 0. The van der Waals surface area contributed by atoms with Crippen LogP contribution >= 0.6 is 23.7 Å². The number of thiazole rings is 1. The average molecular weight is 362 g/mol. The van der Waals surface area contributed by atoms with Crippen molar-refractivity contribution in [2.75, 3.05) is 18.2 Å². The number of nitrogens with two attached hydrogens (primary N) is 1. The maximum atomic E-state index is 5.86. The minimum absolute atomic E-state index is 0. The number of ether oxygens (including phenoxy) is 1. The molecule has 0 radical (unpaired) electrons. The topological polar surface area (TPSA) is 78.0 Å². The zero-order valence-electron chi connectivity index (χ0n) is 13.1. The van der Waals surface area contributed by atoms with E-state index in [0.717, 1.165) is 37.8 Å². The molecule has 0 aliphatic carbocycles. The summed E-state index contributed by atoms with van der Waals surface area (Å²) in [5.41, 5.74) is 10.2. The van der Waals surface area contributed by atoms with Crippen molar-refractivity contribution in [2.24, 2.45) is 7.05 Å². The van der Waals surface area contributed by atoms with Gasteiger partial charge in [0.2, 0.25) is 0 Å². The fourth-order valence-corrected chi connectivity index (χ4v) is 3.46. The smallest absolute Gasteiger partial charge is 0.188 e. The second-order valence-corrected chi connectivity index (χ2v) is 6.27. The molecule has 2 aromatic heterocycles. The highest BCUT2D eigenvalue weighted by molar-refractivity contribution is 7.22. The summed E-state index contributed by atoms with van der Waals surface area (Å²) in [7, 11) is 3.61. The molecule has 0 atom stereocenters. The van der Waals surface area contributed by atoms with Crippen LogP contribution in [0.1, 0.15) is 0 Å². The number of rotatable bonds is 3. The number of nitrogen functional groups attached to an aromatic ring is 1. The summed E-state index contributed by atoms with van der Waals surface area (Å²) in [5, 5.41) is 4.07. The molecule has 8 heteroatoms. The molecule has 0 bridgehead atoms. The number of aryl methyl sites for hydroxylation is 1. The Bertz CT molecular complexity index is 1030. The van der Waals surface area contributed by atoms with Crippen LogP contribution in [0.3, 0.4) is 0 Å². The maximum Gasteiger partial charge on any atom is 0.188 e. The SMILES string of the molecule is COc1ccc(N)cc1Nc1nc2c(ccc3c2ncn3C)s1.Cl. The van der Waals surface area contributed by atoms with Gasteiger partial charge in [0, 0.05) is 12.7 Å². The second kappa shape index (κ2) is 6.18. The standard InChI is InChI=1S/C16H15N5OS.ClH/c1-21-8-18-14-11(21)4-6-13-15(14)20-16(23-13)19-10-7-9(17)3-5-12(10)22-2;/h3-8H,17H2,1-2H3,(H,19,20);1H. The number of aromatic nitrogens is 3. The van der Waals surface area contributed by atoms with Gasteiger partial charge < -0.3 is 20.4 Å². The summed E-state index contributed by atoms with van der Waals surface area (Å²) < 4.78 is 8.44. The normalized spacial score (nSPS) is 10.8. The number of nitrogens with zero attached hydrogens (tertiary/aromatic N) is 3. The highest BCUT2D eigenvalue weighted by Gasteiger charge is 2.12. The van der Waals surface area contributed by atoms with Gasteiger partial charge >= 0.3 is 0 Å². The summed E-state index contributed by atoms with van der Waals surface area (Å²) in [5.74, 6) is 0.724. The molecule has 3 N–H and O–H groups in total. The maximum absolute atomic E-state index is 5.86. The first kappa shape index (κ1) is 16.4. The molecule has 124 valence electrons. The third-order valence-electron chi connectivity index (χ3n) is 3.72. The molecule has 2 aromatic carbocycles. The Morgan fingerprint density at radius 2 is 2.04 bits per heavy atom. The number of hydrogen-bond acceptors (Lipinski definition) is 6. The molecule has 0 spiro atoms. The first-order valence-electron chi connectivity index (χ1n) is 7.07. The lowest BCUT2D eigenvalue weighted by Crippen LogP contribution is -1.96. The summed E-state index contributed by atoms with van der Waals surface area (Å²) in [6.45, 7) is 0. The lowest BCUT2D eigenvalue weighted by molar-refractivity contribution is 0.417. The van der Waals surface area contributed by atoms with E-state index >= 15 is 0 Å². The monoisotopic (exact) mass is 361 g/mol. The van der Waals surface area contributed by atoms with Crippen LogP contribution in [0.25, 0.3) is 21.3 Å². The second-order valence-electron chi connectivity index (χ2n) is 5.24. The van der Waals surface area contributed by atoms with Crippen LogP contribution in [0.15, 0.2) is 36.7 Å². The van der Waals surface area contributed by atoms with E-state index in [0.29, 0.717) is 5.69 Å². The van der Waals surface area contributed by atoms with Gasteiger partial charge in [-0.2, -0.15) is 0 Å². The van der Waals surface area contributed by atoms with Crippen LogP contribution in [0, 0.1) is 0 Å². The third kappa shape index (κ3) is 2.61. The van der Waals surface area contributed by atoms with Gasteiger partial charge in [0.1, 0.15) is 16.8 Å². The van der Waals surface area contributed by atoms with E-state index in [1.165, 1.54) is 0 Å². The van der Waals surface area contributed by atoms with E-state index in [4.69, 9.17) is 10.5 Å². The average Bonchev–Trinajstić information content (AvgIpc) is 3.11. The molecule has 24 heavy (non-hydrogen) atoms. The summed E-state index contributed by atoms with van der Waals surface area (Å²) in [4.78, 5) is 9.14. The number of benzene rings is 2. The summed E-state index contributed by atoms with van der Waals surface area (Å²) >= 11 is 1.57. The molecule has 0 saturated heterocycles. The molecule has 6 nitrogen and oxygen atoms in total. The largest absolute Gasteiger partial charge is 0.495 e. The van der Waals surface area contributed by atoms with Gasteiger partial charge in [-0.05, 0) is 30.3 Å². The highest BCUT2D eigenvalue weighted by Crippen LogP contribution is 2.35. The van der Waals surface area contributed by atoms with Crippen molar-refractivity contribution in [3.8, 4) is 5.75 Å². The zero-order chi connectivity index (χ0) is 16.0. The fraction of sp³-hybridized carbons (Fsp3) is 0.125. The minimum Gasteiger partial charge on any atom is -0.495 e. The predicted octanol–water partition coefficient (Wildman–Crippen LogP) is 3.94. The molecule has 0 fully saturated rings. The molecule has 4 rings (SSSR count). The lowest BCUT2D eigenvalue weighted by Gasteiger charge is -2.09. The van der Waals surface area contributed by atoms with Crippen molar-refractivity contribution < 1.29 is 4.74 Å². The predicted molar refractivity (Wildman–Crippen MR) is 102 cm³/mol. The first-order chi connectivity index (χ1) is 11.2. The zero-order valence-corrected chi connectivity index (χ0v) is 14.7. The van der Waals surface area contributed by atoms with Gasteiger partial charge in [0.05, 0.1) is 29.3 Å². The molecule has 0 aliphatic rings. The third-order valence-corrected chi connectivity index (χ3v) is 4.65. The Hall–Kier alpha value is -2.51. The first-order valence-corrected chi connectivity index (χ1v) is 7.88. The molecule has 2 heterocycles. The van der Waals surface area contributed by atoms with Crippen LogP contribution in [-0.4, -0.2) is 21.6 Å². The number of halogens is 1. The molecule has 0 amide bonds. The van der Waals surface area contributed by atoms with Crippen LogP contribution in [0.4, 0.5) is 16.5 Å². The number of fused-ring (bicyclic) bond motifs is 3. The van der Waals surface area contributed by atoms with Gasteiger partial charge in [-0.25, -0.2) is 9.97 Å². The van der Waals surface area contributed by atoms with Crippen molar-refractivity contribution in [2.45, 2.75) is 0 Å². The van der Waals surface area contributed by atoms with Crippen molar-refractivity contribution in [3.63, 3.8) is 0 Å². The molecular weight excluding hydrogens is 346 g/mol. The van der Waals surface area contributed by atoms with E-state index in [1.54, 1.807) is 30.8 Å². The van der Waals surface area contributed by atoms with Crippen molar-refractivity contribution in [1.29, 1.82) is 0 Å². The molecule has 0 saturated carbocycles. The molecule has 4 aromatic rings. The van der Waals surface area contributed by atoms with Crippen LogP contribution in [0.2, 0.25) is 0 Å². The molecule has 0 aliphatic heterocycles. The Morgan fingerprint density at radius 1 is 1.21 bits per heavy atom. The summed E-state index contributed by atoms with van der Waals surface area (Å²) in [6, 6.07) is 9.61. The Balaban J connectivity index is 0.00000169. The van der Waals surface area contributed by atoms with Crippen molar-refractivity contribution in [1.82, 2.24) is 14.5 Å². The Kier molecular flexibility index (Phi) is 4.21. The highest BCUT2D eigenvalue weighted by atomic mass is 35.5. The number of methoxy groups -OCH3 is 1. The van der Waals surface area contributed by atoms with E-state index in [1.807, 2.05) is 23.7 Å². The molecule has 0 unspecified atom stereocenters. The van der Waals surface area contributed by atoms with Gasteiger partial charge in [-0.3, -0.25) is 0 Å². The van der Waals surface area contributed by atoms with E-state index in [2.05, 4.69) is 27.4 Å². The number of imidazole rings is 1. The number of anilines is 3. The van der Waals surface area contributed by atoms with Crippen molar-refractivity contribution in [3.05, 3.63) is 36.7 Å². The van der Waals surface area contributed by atoms with E-state index < -0.39 is 0 Å². The Labute approximate surface area is 148 Å².